The van der Waals surface area contributed by atoms with Crippen LogP contribution in [0.25, 0.3) is 0 Å². The number of aromatic nitrogens is 5. The molecule has 12 nitrogen and oxygen atoms in total. The molecule has 0 aliphatic heterocycles. The van der Waals surface area contributed by atoms with E-state index in [1.807, 2.05) is 4.98 Å². The monoisotopic (exact) mass is 282 g/mol. The third kappa shape index (κ3) is 2.69. The van der Waals surface area contributed by atoms with Crippen LogP contribution < -0.4 is 21.3 Å². The molecular weight excluding hydrogens is 276 g/mol. The van der Waals surface area contributed by atoms with Gasteiger partial charge in [-0.15, -0.1) is 5.10 Å². The third-order valence-corrected chi connectivity index (χ3v) is 1.97. The molecule has 0 saturated carbocycles. The number of carbonyl (C=O) groups is 2. The van der Waals surface area contributed by atoms with Gasteiger partial charge in [0.25, 0.3) is 11.4 Å². The van der Waals surface area contributed by atoms with Gasteiger partial charge in [0.05, 0.1) is 0 Å². The zero-order valence-electron chi connectivity index (χ0n) is 9.46. The molecule has 12 heteroatoms. The van der Waals surface area contributed by atoms with E-state index in [1.165, 1.54) is 0 Å². The molecule has 2 aromatic heterocycles. The second-order valence-electron chi connectivity index (χ2n) is 3.29. The molecule has 2 heterocycles. The number of carboxylic acid groups (broad SMARTS) is 1. The van der Waals surface area contributed by atoms with Crippen LogP contribution in [0.2, 0.25) is 0 Å². The number of amides is 1. The predicted octanol–water partition coefficient (Wildman–Crippen LogP) is -1.51. The molecule has 2 aromatic rings. The lowest BCUT2D eigenvalue weighted by molar-refractivity contribution is 0.0721. The molecule has 0 spiro atoms. The van der Waals surface area contributed by atoms with Gasteiger partial charge < -0.3 is 9.84 Å². The lowest BCUT2D eigenvalue weighted by Gasteiger charge is -2.05. The number of carbonyl (C=O) groups excluding carboxylic acids is 1. The van der Waals surface area contributed by atoms with Crippen molar-refractivity contribution in [2.45, 2.75) is 0 Å². The second-order valence-corrected chi connectivity index (χ2v) is 3.29. The zero-order chi connectivity index (χ0) is 14.7. The van der Waals surface area contributed by atoms with Gasteiger partial charge in [0, 0.05) is 0 Å². The zero-order valence-corrected chi connectivity index (χ0v) is 9.46. The fraction of sp³-hybridized carbons (Fsp3) is 0. The van der Waals surface area contributed by atoms with Crippen molar-refractivity contribution in [1.29, 1.82) is 0 Å². The molecule has 0 radical (unpaired) electrons. The number of nitrogens with one attached hydrogen (secondary N) is 4. The largest absolute Gasteiger partial charge is 0.465 e. The van der Waals surface area contributed by atoms with Gasteiger partial charge in [-0.2, -0.15) is 10.3 Å². The van der Waals surface area contributed by atoms with E-state index in [0.29, 0.717) is 0 Å². The van der Waals surface area contributed by atoms with Crippen LogP contribution in [0.5, 0.6) is 5.88 Å². The summed E-state index contributed by atoms with van der Waals surface area (Å²) in [6.07, 6.45) is -0.536. The Morgan fingerprint density at radius 1 is 1.30 bits per heavy atom. The SMILES string of the molecule is O=C(O)Nc1c(C(=O)Oc2cn[nH]n2)[nH]c(=O)[nH]c1=O. The molecule has 2 rings (SSSR count). The van der Waals surface area contributed by atoms with Crippen molar-refractivity contribution in [3.05, 3.63) is 32.7 Å². The molecule has 0 fully saturated rings. The van der Waals surface area contributed by atoms with Gasteiger partial charge in [-0.1, -0.05) is 0 Å². The molecule has 0 bridgehead atoms. The van der Waals surface area contributed by atoms with E-state index in [4.69, 9.17) is 5.11 Å². The quantitative estimate of drug-likeness (QED) is 0.420. The number of nitrogens with zero attached hydrogens (tertiary/aromatic N) is 2. The van der Waals surface area contributed by atoms with Gasteiger partial charge in [-0.05, 0) is 0 Å². The fourth-order valence-electron chi connectivity index (χ4n) is 1.25. The first kappa shape index (κ1) is 13.0. The van der Waals surface area contributed by atoms with E-state index in [0.717, 1.165) is 6.20 Å². The lowest BCUT2D eigenvalue weighted by Crippen LogP contribution is -2.31. The van der Waals surface area contributed by atoms with Crippen LogP contribution in [0.4, 0.5) is 10.5 Å². The van der Waals surface area contributed by atoms with E-state index in [1.54, 1.807) is 10.3 Å². The normalized spacial score (nSPS) is 10.0. The maximum absolute atomic E-state index is 11.8. The summed E-state index contributed by atoms with van der Waals surface area (Å²) in [6.45, 7) is 0. The van der Waals surface area contributed by atoms with Crippen LogP contribution in [0.3, 0.4) is 0 Å². The molecule has 1 amide bonds. The van der Waals surface area contributed by atoms with Crippen molar-refractivity contribution in [1.82, 2.24) is 25.4 Å². The number of esters is 1. The molecule has 0 unspecified atom stereocenters. The predicted molar refractivity (Wildman–Crippen MR) is 60.7 cm³/mol. The highest BCUT2D eigenvalue weighted by molar-refractivity contribution is 5.98. The Kier molecular flexibility index (Phi) is 3.28. The van der Waals surface area contributed by atoms with Crippen LogP contribution in [0.1, 0.15) is 10.5 Å². The summed E-state index contributed by atoms with van der Waals surface area (Å²) in [5.74, 6) is -1.41. The lowest BCUT2D eigenvalue weighted by atomic mass is 10.3. The van der Waals surface area contributed by atoms with Crippen molar-refractivity contribution in [3.8, 4) is 5.88 Å². The van der Waals surface area contributed by atoms with Crippen molar-refractivity contribution < 1.29 is 19.4 Å². The van der Waals surface area contributed by atoms with Crippen LogP contribution in [0.15, 0.2) is 15.8 Å². The topological polar surface area (TPSA) is 183 Å². The van der Waals surface area contributed by atoms with Crippen molar-refractivity contribution in [2.75, 3.05) is 5.32 Å². The number of hydrogen-bond acceptors (Lipinski definition) is 7. The van der Waals surface area contributed by atoms with Gasteiger partial charge in [0.1, 0.15) is 11.9 Å². The minimum absolute atomic E-state index is 0.225. The van der Waals surface area contributed by atoms with Crippen LogP contribution in [-0.4, -0.2) is 42.5 Å². The minimum Gasteiger partial charge on any atom is -0.465 e. The minimum atomic E-state index is -1.60. The molecule has 104 valence electrons. The number of hydrogen-bond donors (Lipinski definition) is 5. The number of ether oxygens (including phenoxy) is 1. The molecule has 0 aromatic carbocycles. The molecule has 0 saturated heterocycles. The summed E-state index contributed by atoms with van der Waals surface area (Å²) in [5.41, 5.74) is -3.43. The highest BCUT2D eigenvalue weighted by Gasteiger charge is 2.21. The Morgan fingerprint density at radius 3 is 2.65 bits per heavy atom. The molecule has 0 aliphatic carbocycles. The summed E-state index contributed by atoms with van der Waals surface area (Å²) >= 11 is 0. The van der Waals surface area contributed by atoms with Gasteiger partial charge in [0.2, 0.25) is 0 Å². The van der Waals surface area contributed by atoms with Gasteiger partial charge in [-0.25, -0.2) is 14.4 Å². The van der Waals surface area contributed by atoms with Crippen LogP contribution in [0, 0.1) is 0 Å². The Labute approximate surface area is 107 Å². The summed E-state index contributed by atoms with van der Waals surface area (Å²) in [5, 5.41) is 19.2. The highest BCUT2D eigenvalue weighted by Crippen LogP contribution is 2.09. The third-order valence-electron chi connectivity index (χ3n) is 1.97. The number of aromatic amines is 3. The summed E-state index contributed by atoms with van der Waals surface area (Å²) in [6, 6.07) is 0. The Balaban J connectivity index is 2.43. The molecule has 0 aliphatic rings. The maximum atomic E-state index is 11.8. The standard InChI is InChI=1S/C8H6N6O6/c15-5-3(11-8(18)19)4(10-7(17)12-5)6(16)20-2-1-9-14-13-2/h1,11H,(H,18,19)(H,9,13,14)(H2,10,12,15,17). The van der Waals surface area contributed by atoms with Gasteiger partial charge in [0.15, 0.2) is 5.69 Å². The van der Waals surface area contributed by atoms with Gasteiger partial charge in [-0.3, -0.25) is 20.1 Å². The van der Waals surface area contributed by atoms with Crippen LogP contribution >= 0.6 is 0 Å². The number of H-pyrrole nitrogens is 3. The average molecular weight is 282 g/mol. The summed E-state index contributed by atoms with van der Waals surface area (Å²) in [7, 11) is 0. The first-order valence-corrected chi connectivity index (χ1v) is 4.92. The van der Waals surface area contributed by atoms with E-state index < -0.39 is 34.7 Å². The second kappa shape index (κ2) is 5.05. The first-order chi connectivity index (χ1) is 9.47. The maximum Gasteiger partial charge on any atom is 0.409 e. The van der Waals surface area contributed by atoms with Gasteiger partial charge >= 0.3 is 17.8 Å². The molecule has 20 heavy (non-hydrogen) atoms. The number of rotatable bonds is 3. The molecule has 5 N–H and O–H groups in total. The van der Waals surface area contributed by atoms with Crippen LogP contribution in [-0.2, 0) is 0 Å². The van der Waals surface area contributed by atoms with E-state index in [9.17, 15) is 19.2 Å². The summed E-state index contributed by atoms with van der Waals surface area (Å²) < 4.78 is 4.67. The van der Waals surface area contributed by atoms with Crippen molar-refractivity contribution >= 4 is 17.7 Å². The Bertz CT molecular complexity index is 759. The van der Waals surface area contributed by atoms with E-state index >= 15 is 0 Å². The smallest absolute Gasteiger partial charge is 0.409 e. The Morgan fingerprint density at radius 2 is 2.05 bits per heavy atom. The summed E-state index contributed by atoms with van der Waals surface area (Å²) in [4.78, 5) is 48.6. The van der Waals surface area contributed by atoms with Crippen molar-refractivity contribution in [2.24, 2.45) is 0 Å². The number of anilines is 1. The molecular formula is C8H6N6O6. The molecule has 0 atom stereocenters. The van der Waals surface area contributed by atoms with E-state index in [-0.39, 0.29) is 5.88 Å². The average Bonchev–Trinajstić information content (AvgIpc) is 2.84. The first-order valence-electron chi connectivity index (χ1n) is 4.92. The Hall–Kier alpha value is -3.44. The fourth-order valence-corrected chi connectivity index (χ4v) is 1.25. The van der Waals surface area contributed by atoms with E-state index in [2.05, 4.69) is 20.1 Å². The highest BCUT2D eigenvalue weighted by atomic mass is 16.5. The van der Waals surface area contributed by atoms with Crippen molar-refractivity contribution in [3.63, 3.8) is 0 Å².